The van der Waals surface area contributed by atoms with Crippen LogP contribution in [0.25, 0.3) is 0 Å². The van der Waals surface area contributed by atoms with Crippen molar-refractivity contribution in [3.05, 3.63) is 29.8 Å². The highest BCUT2D eigenvalue weighted by atomic mass is 16.5. The topological polar surface area (TPSA) is 50.2 Å². The Labute approximate surface area is 69.5 Å². The van der Waals surface area contributed by atoms with Gasteiger partial charge in [0.2, 0.25) is 0 Å². The average molecular weight is 161 g/mol. The van der Waals surface area contributed by atoms with Crippen molar-refractivity contribution >= 4 is 11.7 Å². The first-order valence-electron chi connectivity index (χ1n) is 3.65. The molecule has 0 aliphatic carbocycles. The number of carbonyl (C=O) groups excluding carboxylic acids is 1. The molecule has 1 aromatic carbocycles. The Morgan fingerprint density at radius 3 is 2.92 bits per heavy atom. The van der Waals surface area contributed by atoms with Gasteiger partial charge in [-0.15, -0.1) is 0 Å². The molecule has 0 unspecified atom stereocenters. The number of benzene rings is 1. The fraction of sp³-hybridized carbons (Fsp3) is 0.111. The molecule has 0 atom stereocenters. The van der Waals surface area contributed by atoms with Crippen LogP contribution in [0.2, 0.25) is 0 Å². The lowest BCUT2D eigenvalue weighted by Gasteiger charge is -2.15. The van der Waals surface area contributed by atoms with E-state index in [1.54, 1.807) is 18.2 Å². The second-order valence-corrected chi connectivity index (χ2v) is 2.63. The van der Waals surface area contributed by atoms with Crippen molar-refractivity contribution in [2.24, 2.45) is 0 Å². The van der Waals surface area contributed by atoms with Crippen LogP contribution in [-0.2, 0) is 4.79 Å². The lowest BCUT2D eigenvalue weighted by Crippen LogP contribution is -2.21. The van der Waals surface area contributed by atoms with Gasteiger partial charge in [0.05, 0.1) is 12.1 Å². The third kappa shape index (κ3) is 0.993. The van der Waals surface area contributed by atoms with Gasteiger partial charge in [-0.1, -0.05) is 12.1 Å². The first-order valence-corrected chi connectivity index (χ1v) is 3.65. The van der Waals surface area contributed by atoms with E-state index in [-0.39, 0.29) is 12.4 Å². The summed E-state index contributed by atoms with van der Waals surface area (Å²) in [4.78, 5) is 10.9. The van der Waals surface area contributed by atoms with Gasteiger partial charge >= 0.3 is 5.97 Å². The molecule has 0 bridgehead atoms. The van der Waals surface area contributed by atoms with Crippen molar-refractivity contribution in [1.82, 2.24) is 0 Å². The smallest absolute Gasteiger partial charge is 0.317 e. The molecule has 1 aliphatic heterocycles. The zero-order chi connectivity index (χ0) is 8.55. The van der Waals surface area contributed by atoms with Gasteiger partial charge in [0.1, 0.15) is 5.75 Å². The van der Waals surface area contributed by atoms with Crippen molar-refractivity contribution < 1.29 is 9.53 Å². The summed E-state index contributed by atoms with van der Waals surface area (Å²) >= 11 is 0. The number of para-hydroxylation sites is 1. The summed E-state index contributed by atoms with van der Waals surface area (Å²) in [6, 6.07) is 7.09. The minimum atomic E-state index is -0.348. The second-order valence-electron chi connectivity index (χ2n) is 2.63. The van der Waals surface area contributed by atoms with Crippen LogP contribution in [0.1, 0.15) is 12.0 Å². The van der Waals surface area contributed by atoms with E-state index in [4.69, 9.17) is 10.1 Å². The molecular weight excluding hydrogens is 154 g/mol. The Hall–Kier alpha value is -1.64. The Bertz CT molecular complexity index is 357. The van der Waals surface area contributed by atoms with Gasteiger partial charge in [0.15, 0.2) is 0 Å². The highest BCUT2D eigenvalue weighted by Crippen LogP contribution is 2.23. The first-order chi connectivity index (χ1) is 5.77. The lowest BCUT2D eigenvalue weighted by molar-refractivity contribution is -0.133. The zero-order valence-corrected chi connectivity index (χ0v) is 6.33. The van der Waals surface area contributed by atoms with Crippen molar-refractivity contribution in [2.75, 3.05) is 0 Å². The molecule has 0 aromatic heterocycles. The van der Waals surface area contributed by atoms with Crippen molar-refractivity contribution in [3.8, 4) is 5.75 Å². The van der Waals surface area contributed by atoms with Gasteiger partial charge in [0.25, 0.3) is 0 Å². The molecule has 0 fully saturated rings. The molecule has 0 radical (unpaired) electrons. The first kappa shape index (κ1) is 7.03. The molecule has 60 valence electrons. The summed E-state index contributed by atoms with van der Waals surface area (Å²) < 4.78 is 4.92. The standard InChI is InChI=1S/C9H7NO2/c10-7-5-9(11)12-8-4-2-1-3-6(7)8/h1-4,10H,5H2. The van der Waals surface area contributed by atoms with Crippen LogP contribution in [0.15, 0.2) is 24.3 Å². The number of hydrogen-bond donors (Lipinski definition) is 1. The van der Waals surface area contributed by atoms with Gasteiger partial charge in [0, 0.05) is 5.56 Å². The predicted octanol–water partition coefficient (Wildman–Crippen LogP) is 1.36. The van der Waals surface area contributed by atoms with E-state index in [9.17, 15) is 4.79 Å². The molecule has 1 aromatic rings. The highest BCUT2D eigenvalue weighted by Gasteiger charge is 2.20. The summed E-state index contributed by atoms with van der Waals surface area (Å²) in [5.74, 6) is 0.150. The Morgan fingerprint density at radius 1 is 1.33 bits per heavy atom. The van der Waals surface area contributed by atoms with Crippen molar-refractivity contribution in [3.63, 3.8) is 0 Å². The molecule has 3 heteroatoms. The maximum absolute atomic E-state index is 10.9. The molecule has 2 rings (SSSR count). The number of esters is 1. The van der Waals surface area contributed by atoms with E-state index in [2.05, 4.69) is 0 Å². The fourth-order valence-electron chi connectivity index (χ4n) is 1.20. The maximum atomic E-state index is 10.9. The van der Waals surface area contributed by atoms with Gasteiger partial charge in [-0.25, -0.2) is 0 Å². The molecule has 1 aliphatic rings. The second kappa shape index (κ2) is 2.44. The summed E-state index contributed by atoms with van der Waals surface area (Å²) in [6.45, 7) is 0. The van der Waals surface area contributed by atoms with Gasteiger partial charge in [-0.3, -0.25) is 4.79 Å². The van der Waals surface area contributed by atoms with Gasteiger partial charge in [-0.05, 0) is 12.1 Å². The third-order valence-corrected chi connectivity index (χ3v) is 1.76. The predicted molar refractivity (Wildman–Crippen MR) is 43.5 cm³/mol. The van der Waals surface area contributed by atoms with E-state index >= 15 is 0 Å². The Kier molecular flexibility index (Phi) is 1.43. The lowest BCUT2D eigenvalue weighted by atomic mass is 10.0. The quantitative estimate of drug-likeness (QED) is 0.461. The molecule has 0 amide bonds. The van der Waals surface area contributed by atoms with Gasteiger partial charge < -0.3 is 10.1 Å². The Morgan fingerprint density at radius 2 is 2.08 bits per heavy atom. The molecule has 1 N–H and O–H groups in total. The van der Waals surface area contributed by atoms with Crippen LogP contribution in [0.3, 0.4) is 0 Å². The van der Waals surface area contributed by atoms with Crippen LogP contribution in [-0.4, -0.2) is 11.7 Å². The number of nitrogens with one attached hydrogen (secondary N) is 1. The minimum Gasteiger partial charge on any atom is -0.426 e. The summed E-state index contributed by atoms with van der Waals surface area (Å²) in [6.07, 6.45) is 0.0804. The minimum absolute atomic E-state index is 0.0804. The van der Waals surface area contributed by atoms with Crippen LogP contribution in [0.4, 0.5) is 0 Å². The van der Waals surface area contributed by atoms with Crippen LogP contribution in [0.5, 0.6) is 5.75 Å². The van der Waals surface area contributed by atoms with Crippen LogP contribution < -0.4 is 4.74 Å². The number of rotatable bonds is 0. The zero-order valence-electron chi connectivity index (χ0n) is 6.33. The van der Waals surface area contributed by atoms with E-state index < -0.39 is 0 Å². The number of fused-ring (bicyclic) bond motifs is 1. The number of ether oxygens (including phenoxy) is 1. The summed E-state index contributed by atoms with van der Waals surface area (Å²) in [7, 11) is 0. The normalized spacial score (nSPS) is 15.3. The molecule has 1 heterocycles. The maximum Gasteiger partial charge on any atom is 0.317 e. The van der Waals surface area contributed by atoms with E-state index in [1.165, 1.54) is 0 Å². The number of hydrogen-bond acceptors (Lipinski definition) is 3. The van der Waals surface area contributed by atoms with Crippen LogP contribution in [0, 0.1) is 5.41 Å². The monoisotopic (exact) mass is 161 g/mol. The van der Waals surface area contributed by atoms with Crippen molar-refractivity contribution in [2.45, 2.75) is 6.42 Å². The molecule has 0 saturated heterocycles. The van der Waals surface area contributed by atoms with E-state index in [1.807, 2.05) is 6.07 Å². The summed E-state index contributed by atoms with van der Waals surface area (Å²) in [5, 5.41) is 7.50. The van der Waals surface area contributed by atoms with Crippen LogP contribution >= 0.6 is 0 Å². The highest BCUT2D eigenvalue weighted by molar-refractivity contribution is 6.12. The van der Waals surface area contributed by atoms with E-state index in [0.29, 0.717) is 11.5 Å². The van der Waals surface area contributed by atoms with E-state index in [0.717, 1.165) is 5.56 Å². The number of carbonyl (C=O) groups is 1. The largest absolute Gasteiger partial charge is 0.426 e. The SMILES string of the molecule is N=C1CC(=O)Oc2ccccc21. The Balaban J connectivity index is 2.54. The molecule has 0 saturated carbocycles. The van der Waals surface area contributed by atoms with Crippen molar-refractivity contribution in [1.29, 1.82) is 5.41 Å². The fourth-order valence-corrected chi connectivity index (χ4v) is 1.20. The third-order valence-electron chi connectivity index (χ3n) is 1.76. The van der Waals surface area contributed by atoms with Gasteiger partial charge in [-0.2, -0.15) is 0 Å². The average Bonchev–Trinajstić information content (AvgIpc) is 2.04. The molecule has 3 nitrogen and oxygen atoms in total. The summed E-state index contributed by atoms with van der Waals surface area (Å²) in [5.41, 5.74) is 1.05. The molecule has 12 heavy (non-hydrogen) atoms. The molecular formula is C9H7NO2. The molecule has 0 spiro atoms.